The number of halogens is 4. The van der Waals surface area contributed by atoms with E-state index >= 15 is 0 Å². The van der Waals surface area contributed by atoms with Gasteiger partial charge in [0.2, 0.25) is 0 Å². The van der Waals surface area contributed by atoms with Crippen molar-refractivity contribution >= 4 is 17.3 Å². The summed E-state index contributed by atoms with van der Waals surface area (Å²) < 4.78 is 66.7. The zero-order valence-corrected chi connectivity index (χ0v) is 25.9. The number of thiazole rings is 1. The molecule has 244 valence electrons. The van der Waals surface area contributed by atoms with Crippen LogP contribution in [-0.2, 0) is 30.7 Å². The highest BCUT2D eigenvalue weighted by Crippen LogP contribution is 2.39. The van der Waals surface area contributed by atoms with Gasteiger partial charge in [-0.15, -0.1) is 11.3 Å². The van der Waals surface area contributed by atoms with Crippen molar-refractivity contribution in [1.82, 2.24) is 10.3 Å². The molecule has 1 heterocycles. The Morgan fingerprint density at radius 1 is 0.936 bits per heavy atom. The normalized spacial score (nSPS) is 12.1. The van der Waals surface area contributed by atoms with Crippen molar-refractivity contribution in [3.8, 4) is 33.9 Å². The smallest absolute Gasteiger partial charge is 0.417 e. The van der Waals surface area contributed by atoms with Gasteiger partial charge in [0, 0.05) is 29.1 Å². The minimum Gasteiger partial charge on any atom is -0.489 e. The van der Waals surface area contributed by atoms with Crippen LogP contribution in [0.2, 0.25) is 0 Å². The predicted octanol–water partition coefficient (Wildman–Crippen LogP) is 7.64. The van der Waals surface area contributed by atoms with Gasteiger partial charge in [0.25, 0.3) is 0 Å². The van der Waals surface area contributed by atoms with Crippen LogP contribution in [0.3, 0.4) is 0 Å². The van der Waals surface area contributed by atoms with Crippen LogP contribution >= 0.6 is 11.3 Å². The van der Waals surface area contributed by atoms with Gasteiger partial charge in [0.1, 0.15) is 41.6 Å². The molecule has 0 saturated carbocycles. The van der Waals surface area contributed by atoms with Gasteiger partial charge < -0.3 is 19.7 Å². The van der Waals surface area contributed by atoms with Crippen molar-refractivity contribution in [1.29, 1.82) is 0 Å². The van der Waals surface area contributed by atoms with E-state index in [1.807, 2.05) is 5.38 Å². The number of hydrogen-bond donors (Lipinski definition) is 3. The quantitative estimate of drug-likeness (QED) is 0.111. The zero-order valence-electron chi connectivity index (χ0n) is 25.1. The molecule has 5 aromatic rings. The van der Waals surface area contributed by atoms with Crippen LogP contribution in [0.4, 0.5) is 17.6 Å². The van der Waals surface area contributed by atoms with Crippen LogP contribution in [0.5, 0.6) is 11.5 Å². The van der Waals surface area contributed by atoms with Gasteiger partial charge in [-0.05, 0) is 65.6 Å². The summed E-state index contributed by atoms with van der Waals surface area (Å²) in [4.78, 5) is 16.0. The molecule has 4 aromatic carbocycles. The molecular weight excluding hydrogens is 636 g/mol. The highest BCUT2D eigenvalue weighted by atomic mass is 32.1. The predicted molar refractivity (Wildman–Crippen MR) is 170 cm³/mol. The molecule has 0 bridgehead atoms. The molecule has 0 aliphatic carbocycles. The number of carboxylic acid groups (broad SMARTS) is 1. The fourth-order valence-electron chi connectivity index (χ4n) is 4.90. The van der Waals surface area contributed by atoms with E-state index in [-0.39, 0.29) is 31.1 Å². The molecule has 0 aliphatic heterocycles. The molecule has 12 heteroatoms. The SMILES string of the molecule is Cc1c(COc2ccc(CN[C@H](CO)C(=O)O)c(OCc3nc(-c4ccc(F)cc4)cs3)c2)cccc1-c1ccccc1C(F)(F)F. The second-order valence-electron chi connectivity index (χ2n) is 10.6. The van der Waals surface area contributed by atoms with E-state index in [0.29, 0.717) is 44.5 Å². The number of aliphatic carboxylic acids is 1. The summed E-state index contributed by atoms with van der Waals surface area (Å²) in [5.41, 5.74) is 3.15. The number of rotatable bonds is 13. The fourth-order valence-corrected chi connectivity index (χ4v) is 5.61. The van der Waals surface area contributed by atoms with E-state index < -0.39 is 30.4 Å². The number of aromatic nitrogens is 1. The van der Waals surface area contributed by atoms with Gasteiger partial charge in [0.15, 0.2) is 0 Å². The number of hydrogen-bond acceptors (Lipinski definition) is 7. The zero-order chi connectivity index (χ0) is 33.6. The molecule has 0 amide bonds. The summed E-state index contributed by atoms with van der Waals surface area (Å²) in [6, 6.07) is 20.3. The number of benzene rings is 4. The van der Waals surface area contributed by atoms with Crippen LogP contribution in [-0.4, -0.2) is 33.8 Å². The number of nitrogens with zero attached hydrogens (tertiary/aromatic N) is 1. The maximum atomic E-state index is 13.7. The van der Waals surface area contributed by atoms with Crippen LogP contribution in [0, 0.1) is 12.7 Å². The Balaban J connectivity index is 1.36. The van der Waals surface area contributed by atoms with Crippen LogP contribution < -0.4 is 14.8 Å². The summed E-state index contributed by atoms with van der Waals surface area (Å²) in [6.07, 6.45) is -4.51. The number of nitrogens with one attached hydrogen (secondary N) is 1. The molecule has 0 unspecified atom stereocenters. The van der Waals surface area contributed by atoms with Crippen molar-refractivity contribution in [2.45, 2.75) is 38.9 Å². The third-order valence-corrected chi connectivity index (χ3v) is 8.29. The van der Waals surface area contributed by atoms with E-state index in [4.69, 9.17) is 9.47 Å². The van der Waals surface area contributed by atoms with Crippen molar-refractivity contribution < 1.29 is 42.0 Å². The van der Waals surface area contributed by atoms with E-state index in [9.17, 15) is 32.6 Å². The van der Waals surface area contributed by atoms with Crippen molar-refractivity contribution in [2.24, 2.45) is 0 Å². The third-order valence-electron chi connectivity index (χ3n) is 7.46. The summed E-state index contributed by atoms with van der Waals surface area (Å²) >= 11 is 1.36. The highest BCUT2D eigenvalue weighted by Gasteiger charge is 2.33. The Bertz CT molecular complexity index is 1840. The lowest BCUT2D eigenvalue weighted by Gasteiger charge is -2.18. The highest BCUT2D eigenvalue weighted by molar-refractivity contribution is 7.09. The van der Waals surface area contributed by atoms with Gasteiger partial charge >= 0.3 is 12.1 Å². The second-order valence-corrected chi connectivity index (χ2v) is 11.5. The number of aliphatic hydroxyl groups excluding tert-OH is 1. The molecular formula is C35H30F4N2O5S. The molecule has 7 nitrogen and oxygen atoms in total. The summed E-state index contributed by atoms with van der Waals surface area (Å²) in [6.45, 7) is 1.34. The molecule has 0 fully saturated rings. The molecule has 0 radical (unpaired) electrons. The first-order chi connectivity index (χ1) is 22.5. The first kappa shape index (κ1) is 33.6. The minimum absolute atomic E-state index is 0.0595. The van der Waals surface area contributed by atoms with E-state index in [0.717, 1.165) is 11.6 Å². The van der Waals surface area contributed by atoms with Crippen molar-refractivity contribution in [2.75, 3.05) is 6.61 Å². The average Bonchev–Trinajstić information content (AvgIpc) is 3.53. The van der Waals surface area contributed by atoms with Crippen LogP contribution in [0.25, 0.3) is 22.4 Å². The fraction of sp³-hybridized carbons (Fsp3) is 0.200. The van der Waals surface area contributed by atoms with Crippen molar-refractivity contribution in [3.05, 3.63) is 123 Å². The Morgan fingerprint density at radius 2 is 1.68 bits per heavy atom. The lowest BCUT2D eigenvalue weighted by atomic mass is 9.93. The maximum Gasteiger partial charge on any atom is 0.417 e. The Kier molecular flexibility index (Phi) is 10.5. The Hall–Kier alpha value is -4.78. The molecule has 0 spiro atoms. The number of carboxylic acids is 1. The minimum atomic E-state index is -4.51. The molecule has 47 heavy (non-hydrogen) atoms. The van der Waals surface area contributed by atoms with Gasteiger partial charge in [0.05, 0.1) is 17.9 Å². The summed E-state index contributed by atoms with van der Waals surface area (Å²) in [5.74, 6) is -0.772. The van der Waals surface area contributed by atoms with Crippen LogP contribution in [0.15, 0.2) is 90.3 Å². The summed E-state index contributed by atoms with van der Waals surface area (Å²) in [5, 5.41) is 24.0. The molecule has 3 N–H and O–H groups in total. The number of carbonyl (C=O) groups is 1. The van der Waals surface area contributed by atoms with Gasteiger partial charge in [-0.1, -0.05) is 42.5 Å². The largest absolute Gasteiger partial charge is 0.489 e. The maximum absolute atomic E-state index is 13.7. The van der Waals surface area contributed by atoms with Crippen molar-refractivity contribution in [3.63, 3.8) is 0 Å². The molecule has 0 aliphatic rings. The first-order valence-corrected chi connectivity index (χ1v) is 15.3. The molecule has 1 atom stereocenters. The molecule has 1 aromatic heterocycles. The number of aliphatic hydroxyl groups is 1. The van der Waals surface area contributed by atoms with E-state index in [1.165, 1.54) is 35.6 Å². The monoisotopic (exact) mass is 666 g/mol. The second kappa shape index (κ2) is 14.8. The van der Waals surface area contributed by atoms with Gasteiger partial charge in [-0.25, -0.2) is 9.37 Å². The third kappa shape index (κ3) is 8.33. The number of ether oxygens (including phenoxy) is 2. The van der Waals surface area contributed by atoms with Gasteiger partial charge in [-0.3, -0.25) is 10.1 Å². The number of alkyl halides is 3. The lowest BCUT2D eigenvalue weighted by Crippen LogP contribution is -2.39. The standard InChI is InChI=1S/C35H30F4N2O5S/c1-21-24(5-4-7-27(21)28-6-2-3-8-29(28)35(37,38)39)18-45-26-14-11-23(16-40-30(17-42)34(43)44)32(15-26)46-19-33-41-31(20-47-33)22-9-12-25(36)13-10-22/h2-15,20,30,40,42H,16-19H2,1H3,(H,43,44)/t30-/m1/s1. The average molecular weight is 667 g/mol. The van der Waals surface area contributed by atoms with Crippen LogP contribution in [0.1, 0.15) is 27.3 Å². The first-order valence-electron chi connectivity index (χ1n) is 14.4. The van der Waals surface area contributed by atoms with E-state index in [1.54, 1.807) is 61.5 Å². The summed E-state index contributed by atoms with van der Waals surface area (Å²) in [7, 11) is 0. The van der Waals surface area contributed by atoms with E-state index in [2.05, 4.69) is 10.3 Å². The molecule has 5 rings (SSSR count). The molecule has 0 saturated heterocycles. The lowest BCUT2D eigenvalue weighted by molar-refractivity contribution is -0.140. The Morgan fingerprint density at radius 3 is 2.40 bits per heavy atom. The van der Waals surface area contributed by atoms with Gasteiger partial charge in [-0.2, -0.15) is 13.2 Å². The topological polar surface area (TPSA) is 101 Å². The Labute approximate surface area is 272 Å².